The first kappa shape index (κ1) is 14.0. The van der Waals surface area contributed by atoms with Gasteiger partial charge in [-0.3, -0.25) is 0 Å². The number of anilines is 1. The zero-order valence-corrected chi connectivity index (χ0v) is 12.3. The lowest BCUT2D eigenvalue weighted by Crippen LogP contribution is -2.01. The number of aryl methyl sites for hydroxylation is 2. The highest BCUT2D eigenvalue weighted by Crippen LogP contribution is 2.25. The first-order valence-corrected chi connectivity index (χ1v) is 6.70. The van der Waals surface area contributed by atoms with Gasteiger partial charge >= 0.3 is 0 Å². The Kier molecular flexibility index (Phi) is 4.20. The third-order valence-electron chi connectivity index (χ3n) is 2.86. The molecule has 1 nitrogen and oxygen atoms in total. The van der Waals surface area contributed by atoms with Crippen LogP contribution in [0, 0.1) is 25.5 Å². The van der Waals surface area contributed by atoms with Crippen molar-refractivity contribution in [3.8, 4) is 0 Å². The average Bonchev–Trinajstić information content (AvgIpc) is 2.32. The van der Waals surface area contributed by atoms with Gasteiger partial charge in [0.1, 0.15) is 11.6 Å². The number of nitrogens with one attached hydrogen (secondary N) is 1. The van der Waals surface area contributed by atoms with Crippen LogP contribution in [0.5, 0.6) is 0 Å². The molecule has 2 aromatic rings. The van der Waals surface area contributed by atoms with Gasteiger partial charge in [-0.05, 0) is 54.8 Å². The highest BCUT2D eigenvalue weighted by molar-refractivity contribution is 9.10. The van der Waals surface area contributed by atoms with Crippen LogP contribution in [-0.4, -0.2) is 0 Å². The Bertz CT molecular complexity index is 568. The van der Waals surface area contributed by atoms with Crippen LogP contribution in [0.25, 0.3) is 0 Å². The van der Waals surface area contributed by atoms with E-state index in [1.54, 1.807) is 0 Å². The van der Waals surface area contributed by atoms with E-state index >= 15 is 0 Å². The Balaban J connectivity index is 2.14. The summed E-state index contributed by atoms with van der Waals surface area (Å²) in [5.74, 6) is -1.11. The lowest BCUT2D eigenvalue weighted by Gasteiger charge is -2.11. The monoisotopic (exact) mass is 325 g/mol. The van der Waals surface area contributed by atoms with Crippen LogP contribution in [0.4, 0.5) is 14.5 Å². The van der Waals surface area contributed by atoms with Crippen LogP contribution in [0.15, 0.2) is 34.8 Å². The van der Waals surface area contributed by atoms with Crippen molar-refractivity contribution in [3.05, 3.63) is 63.1 Å². The Labute approximate surface area is 119 Å². The topological polar surface area (TPSA) is 12.0 Å². The van der Waals surface area contributed by atoms with Crippen LogP contribution in [-0.2, 0) is 6.54 Å². The number of hydrogen-bond donors (Lipinski definition) is 1. The largest absolute Gasteiger partial charge is 0.381 e. The molecule has 0 aliphatic rings. The van der Waals surface area contributed by atoms with E-state index in [1.165, 1.54) is 12.1 Å². The fourth-order valence-corrected chi connectivity index (χ4v) is 2.19. The Morgan fingerprint density at radius 2 is 1.47 bits per heavy atom. The SMILES string of the molecule is Cc1cc(NCc2cc(F)cc(F)c2)cc(C)c1Br. The molecule has 0 saturated carbocycles. The molecular formula is C15H14BrF2N. The van der Waals surface area contributed by atoms with Gasteiger partial charge in [0.15, 0.2) is 0 Å². The van der Waals surface area contributed by atoms with E-state index in [9.17, 15) is 8.78 Å². The molecule has 0 heterocycles. The van der Waals surface area contributed by atoms with Crippen molar-refractivity contribution < 1.29 is 8.78 Å². The Hall–Kier alpha value is -1.42. The van der Waals surface area contributed by atoms with Crippen LogP contribution >= 0.6 is 15.9 Å². The minimum atomic E-state index is -0.556. The molecular weight excluding hydrogens is 312 g/mol. The van der Waals surface area contributed by atoms with Crippen LogP contribution in [0.1, 0.15) is 16.7 Å². The maximum atomic E-state index is 13.1. The summed E-state index contributed by atoms with van der Waals surface area (Å²) in [7, 11) is 0. The van der Waals surface area contributed by atoms with E-state index in [0.717, 1.165) is 27.4 Å². The average molecular weight is 326 g/mol. The second-order valence-corrected chi connectivity index (χ2v) is 5.35. The summed E-state index contributed by atoms with van der Waals surface area (Å²) in [6.45, 7) is 4.39. The van der Waals surface area contributed by atoms with Crippen LogP contribution in [0.3, 0.4) is 0 Å². The fourth-order valence-electron chi connectivity index (χ4n) is 1.97. The second kappa shape index (κ2) is 5.70. The van der Waals surface area contributed by atoms with Gasteiger partial charge in [0.2, 0.25) is 0 Å². The number of benzene rings is 2. The van der Waals surface area contributed by atoms with E-state index in [1.807, 2.05) is 26.0 Å². The molecule has 0 saturated heterocycles. The first-order chi connectivity index (χ1) is 8.95. The van der Waals surface area contributed by atoms with E-state index in [4.69, 9.17) is 0 Å². The van der Waals surface area contributed by atoms with Crippen molar-refractivity contribution in [2.75, 3.05) is 5.32 Å². The predicted molar refractivity (Wildman–Crippen MR) is 77.3 cm³/mol. The van der Waals surface area contributed by atoms with Gasteiger partial charge in [0, 0.05) is 22.8 Å². The minimum Gasteiger partial charge on any atom is -0.381 e. The van der Waals surface area contributed by atoms with Crippen molar-refractivity contribution >= 4 is 21.6 Å². The highest BCUT2D eigenvalue weighted by atomic mass is 79.9. The molecule has 19 heavy (non-hydrogen) atoms. The number of halogens is 3. The maximum Gasteiger partial charge on any atom is 0.126 e. The summed E-state index contributed by atoms with van der Waals surface area (Å²) in [5.41, 5.74) is 3.75. The molecule has 4 heteroatoms. The zero-order chi connectivity index (χ0) is 14.0. The van der Waals surface area contributed by atoms with Gasteiger partial charge in [0.05, 0.1) is 0 Å². The highest BCUT2D eigenvalue weighted by Gasteiger charge is 2.04. The van der Waals surface area contributed by atoms with Crippen molar-refractivity contribution in [1.29, 1.82) is 0 Å². The molecule has 0 aliphatic carbocycles. The van der Waals surface area contributed by atoms with Crippen molar-refractivity contribution in [1.82, 2.24) is 0 Å². The third kappa shape index (κ3) is 3.53. The summed E-state index contributed by atoms with van der Waals surface area (Å²) < 4.78 is 27.2. The zero-order valence-electron chi connectivity index (χ0n) is 10.7. The third-order valence-corrected chi connectivity index (χ3v) is 4.11. The van der Waals surface area contributed by atoms with Crippen molar-refractivity contribution in [3.63, 3.8) is 0 Å². The first-order valence-electron chi connectivity index (χ1n) is 5.91. The molecule has 0 radical (unpaired) electrons. The Morgan fingerprint density at radius 1 is 0.947 bits per heavy atom. The quantitative estimate of drug-likeness (QED) is 0.841. The van der Waals surface area contributed by atoms with Crippen molar-refractivity contribution in [2.24, 2.45) is 0 Å². The number of rotatable bonds is 3. The normalized spacial score (nSPS) is 10.6. The molecule has 0 amide bonds. The lowest BCUT2D eigenvalue weighted by molar-refractivity contribution is 0.580. The second-order valence-electron chi connectivity index (χ2n) is 4.56. The van der Waals surface area contributed by atoms with E-state index in [0.29, 0.717) is 12.1 Å². The van der Waals surface area contributed by atoms with E-state index in [2.05, 4.69) is 21.2 Å². The molecule has 2 rings (SSSR count). The molecule has 0 unspecified atom stereocenters. The fraction of sp³-hybridized carbons (Fsp3) is 0.200. The van der Waals surface area contributed by atoms with Gasteiger partial charge in [0.25, 0.3) is 0 Å². The van der Waals surface area contributed by atoms with Crippen LogP contribution in [0.2, 0.25) is 0 Å². The molecule has 0 aromatic heterocycles. The standard InChI is InChI=1S/C15H14BrF2N/c1-9-3-14(4-10(2)15(9)16)19-8-11-5-12(17)7-13(18)6-11/h3-7,19H,8H2,1-2H3. The van der Waals surface area contributed by atoms with Gasteiger partial charge in [-0.1, -0.05) is 15.9 Å². The Morgan fingerprint density at radius 3 is 2.00 bits per heavy atom. The molecule has 0 spiro atoms. The molecule has 0 atom stereocenters. The predicted octanol–water partition coefficient (Wildman–Crippen LogP) is 4.96. The summed E-state index contributed by atoms with van der Waals surface area (Å²) >= 11 is 3.50. The van der Waals surface area contributed by atoms with E-state index < -0.39 is 11.6 Å². The molecule has 2 aromatic carbocycles. The summed E-state index contributed by atoms with van der Waals surface area (Å²) in [6, 6.07) is 7.51. The van der Waals surface area contributed by atoms with E-state index in [-0.39, 0.29) is 0 Å². The smallest absolute Gasteiger partial charge is 0.126 e. The number of hydrogen-bond acceptors (Lipinski definition) is 1. The lowest BCUT2D eigenvalue weighted by atomic mass is 10.1. The molecule has 0 fully saturated rings. The maximum absolute atomic E-state index is 13.1. The minimum absolute atomic E-state index is 0.384. The van der Waals surface area contributed by atoms with Crippen molar-refractivity contribution in [2.45, 2.75) is 20.4 Å². The summed E-state index contributed by atoms with van der Waals surface area (Å²) in [4.78, 5) is 0. The summed E-state index contributed by atoms with van der Waals surface area (Å²) in [6.07, 6.45) is 0. The molecule has 0 bridgehead atoms. The van der Waals surface area contributed by atoms with Gasteiger partial charge < -0.3 is 5.32 Å². The van der Waals surface area contributed by atoms with Gasteiger partial charge in [-0.25, -0.2) is 8.78 Å². The van der Waals surface area contributed by atoms with Crippen LogP contribution < -0.4 is 5.32 Å². The molecule has 0 aliphatic heterocycles. The molecule has 100 valence electrons. The summed E-state index contributed by atoms with van der Waals surface area (Å²) in [5, 5.41) is 3.17. The van der Waals surface area contributed by atoms with Gasteiger partial charge in [-0.2, -0.15) is 0 Å². The van der Waals surface area contributed by atoms with Gasteiger partial charge in [-0.15, -0.1) is 0 Å². The molecule has 1 N–H and O–H groups in total.